The molecule has 0 saturated heterocycles. The number of fused-ring (bicyclic) bond motifs is 1. The third kappa shape index (κ3) is 2.95. The number of benzene rings is 1. The van der Waals surface area contributed by atoms with Crippen LogP contribution in [0.2, 0.25) is 0 Å². The number of pyridine rings is 1. The molecule has 3 rings (SSSR count). The molecule has 0 bridgehead atoms. The molecule has 0 atom stereocenters. The number of nitrogens with zero attached hydrogens (tertiary/aromatic N) is 2. The van der Waals surface area contributed by atoms with E-state index >= 15 is 0 Å². The van der Waals surface area contributed by atoms with E-state index in [9.17, 15) is 22.8 Å². The van der Waals surface area contributed by atoms with Crippen molar-refractivity contribution in [1.29, 1.82) is 0 Å². The standard InChI is InChI=1S/C17H14F3N3O2/c1-9(2)14-12(4-3-7-21-14)23-13-8-10(17(18,19)20)5-6-11(13)15(24)22-16(23)25/h3-9H,1-2H3,(H,22,24,25). The third-order valence-corrected chi connectivity index (χ3v) is 3.84. The lowest BCUT2D eigenvalue weighted by atomic mass is 10.1. The van der Waals surface area contributed by atoms with Crippen molar-refractivity contribution < 1.29 is 13.2 Å². The molecule has 0 saturated carbocycles. The number of hydrogen-bond donors (Lipinski definition) is 1. The van der Waals surface area contributed by atoms with Gasteiger partial charge in [-0.3, -0.25) is 19.3 Å². The first-order valence-corrected chi connectivity index (χ1v) is 7.51. The van der Waals surface area contributed by atoms with Crippen molar-refractivity contribution in [2.24, 2.45) is 0 Å². The Balaban J connectivity index is 2.47. The molecule has 2 heterocycles. The van der Waals surface area contributed by atoms with E-state index in [2.05, 4.69) is 9.97 Å². The van der Waals surface area contributed by atoms with Gasteiger partial charge in [0.2, 0.25) is 0 Å². The van der Waals surface area contributed by atoms with Crippen LogP contribution in [0.5, 0.6) is 0 Å². The Bertz CT molecular complexity index is 1070. The summed E-state index contributed by atoms with van der Waals surface area (Å²) >= 11 is 0. The van der Waals surface area contributed by atoms with Gasteiger partial charge in [-0.1, -0.05) is 13.8 Å². The van der Waals surface area contributed by atoms with Gasteiger partial charge in [0, 0.05) is 6.20 Å². The first kappa shape index (κ1) is 16.9. The molecule has 1 N–H and O–H groups in total. The molecule has 0 aliphatic rings. The molecule has 0 aliphatic heterocycles. The molecular formula is C17H14F3N3O2. The van der Waals surface area contributed by atoms with E-state index < -0.39 is 23.0 Å². The summed E-state index contributed by atoms with van der Waals surface area (Å²) in [5.41, 5.74) is -1.72. The van der Waals surface area contributed by atoms with Gasteiger partial charge < -0.3 is 0 Å². The summed E-state index contributed by atoms with van der Waals surface area (Å²) in [5.74, 6) is -0.0733. The van der Waals surface area contributed by atoms with Crippen LogP contribution in [0.15, 0.2) is 46.1 Å². The van der Waals surface area contributed by atoms with E-state index in [-0.39, 0.29) is 16.8 Å². The highest BCUT2D eigenvalue weighted by Crippen LogP contribution is 2.31. The molecule has 25 heavy (non-hydrogen) atoms. The van der Waals surface area contributed by atoms with Gasteiger partial charge in [0.25, 0.3) is 5.56 Å². The van der Waals surface area contributed by atoms with Gasteiger partial charge in [-0.05, 0) is 36.2 Å². The van der Waals surface area contributed by atoms with Crippen LogP contribution in [0.25, 0.3) is 16.6 Å². The SMILES string of the molecule is CC(C)c1ncccc1-n1c(=O)[nH]c(=O)c2ccc(C(F)(F)F)cc21. The van der Waals surface area contributed by atoms with Gasteiger partial charge in [0.1, 0.15) is 0 Å². The van der Waals surface area contributed by atoms with Gasteiger partial charge in [0.05, 0.1) is 27.8 Å². The van der Waals surface area contributed by atoms with Crippen LogP contribution < -0.4 is 11.2 Å². The van der Waals surface area contributed by atoms with E-state index in [0.29, 0.717) is 11.4 Å². The smallest absolute Gasteiger partial charge is 0.273 e. The highest BCUT2D eigenvalue weighted by atomic mass is 19.4. The highest BCUT2D eigenvalue weighted by Gasteiger charge is 2.31. The molecule has 0 unspecified atom stereocenters. The molecule has 0 fully saturated rings. The lowest BCUT2D eigenvalue weighted by Crippen LogP contribution is -2.30. The lowest BCUT2D eigenvalue weighted by Gasteiger charge is -2.16. The molecule has 0 amide bonds. The summed E-state index contributed by atoms with van der Waals surface area (Å²) in [4.78, 5) is 30.8. The second-order valence-electron chi connectivity index (χ2n) is 5.89. The fraction of sp³-hybridized carbons (Fsp3) is 0.235. The van der Waals surface area contributed by atoms with Crippen LogP contribution in [0.1, 0.15) is 31.0 Å². The average Bonchev–Trinajstić information content (AvgIpc) is 2.53. The van der Waals surface area contributed by atoms with Crippen molar-refractivity contribution in [1.82, 2.24) is 14.5 Å². The van der Waals surface area contributed by atoms with Gasteiger partial charge in [-0.15, -0.1) is 0 Å². The topological polar surface area (TPSA) is 67.8 Å². The van der Waals surface area contributed by atoms with Crippen molar-refractivity contribution in [3.8, 4) is 5.69 Å². The Labute approximate surface area is 139 Å². The summed E-state index contributed by atoms with van der Waals surface area (Å²) in [5, 5.41) is -0.00819. The van der Waals surface area contributed by atoms with Gasteiger partial charge in [-0.25, -0.2) is 4.79 Å². The molecule has 3 aromatic rings. The van der Waals surface area contributed by atoms with E-state index in [1.165, 1.54) is 0 Å². The number of halogens is 3. The van der Waals surface area contributed by atoms with E-state index in [0.717, 1.165) is 22.8 Å². The minimum absolute atomic E-state index is 0.00819. The highest BCUT2D eigenvalue weighted by molar-refractivity contribution is 5.80. The van der Waals surface area contributed by atoms with E-state index in [4.69, 9.17) is 0 Å². The largest absolute Gasteiger partial charge is 0.416 e. The normalized spacial score (nSPS) is 12.1. The zero-order chi connectivity index (χ0) is 18.4. The van der Waals surface area contributed by atoms with Crippen LogP contribution in [0.4, 0.5) is 13.2 Å². The summed E-state index contributed by atoms with van der Waals surface area (Å²) in [6, 6.07) is 5.86. The first-order valence-electron chi connectivity index (χ1n) is 7.51. The van der Waals surface area contributed by atoms with Gasteiger partial charge in [0.15, 0.2) is 0 Å². The summed E-state index contributed by atoms with van der Waals surface area (Å²) in [6.07, 6.45) is -3.05. The molecule has 1 aromatic carbocycles. The fourth-order valence-electron chi connectivity index (χ4n) is 2.70. The summed E-state index contributed by atoms with van der Waals surface area (Å²) < 4.78 is 40.3. The Morgan fingerprint density at radius 3 is 2.52 bits per heavy atom. The van der Waals surface area contributed by atoms with E-state index in [1.54, 1.807) is 18.3 Å². The van der Waals surface area contributed by atoms with Gasteiger partial charge in [-0.2, -0.15) is 13.2 Å². The Morgan fingerprint density at radius 1 is 1.16 bits per heavy atom. The molecule has 0 radical (unpaired) electrons. The number of aromatic amines is 1. The molecule has 2 aromatic heterocycles. The van der Waals surface area contributed by atoms with Crippen LogP contribution in [0.3, 0.4) is 0 Å². The average molecular weight is 349 g/mol. The quantitative estimate of drug-likeness (QED) is 0.772. The second-order valence-corrected chi connectivity index (χ2v) is 5.89. The van der Waals surface area contributed by atoms with Gasteiger partial charge >= 0.3 is 11.9 Å². The number of H-pyrrole nitrogens is 1. The predicted molar refractivity (Wildman–Crippen MR) is 87.1 cm³/mol. The van der Waals surface area contributed by atoms with Crippen molar-refractivity contribution >= 4 is 10.9 Å². The number of alkyl halides is 3. The maximum atomic E-state index is 13.1. The Morgan fingerprint density at radius 2 is 1.88 bits per heavy atom. The fourth-order valence-corrected chi connectivity index (χ4v) is 2.70. The first-order chi connectivity index (χ1) is 11.7. The molecule has 8 heteroatoms. The van der Waals surface area contributed by atoms with Crippen molar-refractivity contribution in [2.45, 2.75) is 25.9 Å². The minimum atomic E-state index is -4.59. The minimum Gasteiger partial charge on any atom is -0.273 e. The summed E-state index contributed by atoms with van der Waals surface area (Å²) in [7, 11) is 0. The van der Waals surface area contributed by atoms with E-state index in [1.807, 2.05) is 13.8 Å². The van der Waals surface area contributed by atoms with Crippen molar-refractivity contribution in [3.63, 3.8) is 0 Å². The predicted octanol–water partition coefficient (Wildman–Crippen LogP) is 3.22. The van der Waals surface area contributed by atoms with Crippen LogP contribution >= 0.6 is 0 Å². The molecule has 5 nitrogen and oxygen atoms in total. The molecular weight excluding hydrogens is 335 g/mol. The number of nitrogens with one attached hydrogen (secondary N) is 1. The maximum absolute atomic E-state index is 13.1. The van der Waals surface area contributed by atoms with Crippen molar-refractivity contribution in [3.05, 3.63) is 68.6 Å². The van der Waals surface area contributed by atoms with Crippen molar-refractivity contribution in [2.75, 3.05) is 0 Å². The molecule has 0 spiro atoms. The lowest BCUT2D eigenvalue weighted by molar-refractivity contribution is -0.137. The number of aromatic nitrogens is 3. The third-order valence-electron chi connectivity index (χ3n) is 3.84. The van der Waals surface area contributed by atoms with Crippen LogP contribution in [-0.4, -0.2) is 14.5 Å². The summed E-state index contributed by atoms with van der Waals surface area (Å²) in [6.45, 7) is 3.71. The van der Waals surface area contributed by atoms with Crippen LogP contribution in [-0.2, 0) is 6.18 Å². The Kier molecular flexibility index (Phi) is 3.98. The Hall–Kier alpha value is -2.90. The molecule has 130 valence electrons. The second kappa shape index (κ2) is 5.87. The number of rotatable bonds is 2. The van der Waals surface area contributed by atoms with Crippen LogP contribution in [0, 0.1) is 0 Å². The molecule has 0 aliphatic carbocycles. The number of hydrogen-bond acceptors (Lipinski definition) is 3. The zero-order valence-corrected chi connectivity index (χ0v) is 13.4. The maximum Gasteiger partial charge on any atom is 0.416 e. The zero-order valence-electron chi connectivity index (χ0n) is 13.4. The monoisotopic (exact) mass is 349 g/mol.